The van der Waals surface area contributed by atoms with Crippen LogP contribution in [-0.4, -0.2) is 12.6 Å². The van der Waals surface area contributed by atoms with Crippen molar-refractivity contribution in [3.63, 3.8) is 0 Å². The second-order valence-electron chi connectivity index (χ2n) is 5.61. The summed E-state index contributed by atoms with van der Waals surface area (Å²) in [5.74, 6) is 1.02. The van der Waals surface area contributed by atoms with Crippen LogP contribution in [0.4, 0.5) is 0 Å². The van der Waals surface area contributed by atoms with Gasteiger partial charge in [0.2, 0.25) is 0 Å². The van der Waals surface area contributed by atoms with Crippen molar-refractivity contribution in [2.75, 3.05) is 6.61 Å². The number of benzene rings is 1. The lowest BCUT2D eigenvalue weighted by atomic mass is 10.1. The van der Waals surface area contributed by atoms with Gasteiger partial charge in [0.15, 0.2) is 0 Å². The molecule has 1 N–H and O–H groups in total. The first kappa shape index (κ1) is 14.1. The SMILES string of the molecule is C=C(CC)COc1c(C)cc(CNC2CC2)cc1C. The topological polar surface area (TPSA) is 21.3 Å². The number of aryl methyl sites for hydroxylation is 2. The summed E-state index contributed by atoms with van der Waals surface area (Å²) < 4.78 is 5.89. The van der Waals surface area contributed by atoms with Crippen LogP contribution in [0.25, 0.3) is 0 Å². The zero-order valence-electron chi connectivity index (χ0n) is 12.4. The van der Waals surface area contributed by atoms with Gasteiger partial charge in [0.1, 0.15) is 12.4 Å². The van der Waals surface area contributed by atoms with Crippen LogP contribution in [0.3, 0.4) is 0 Å². The molecule has 0 radical (unpaired) electrons. The van der Waals surface area contributed by atoms with E-state index in [0.717, 1.165) is 30.3 Å². The van der Waals surface area contributed by atoms with Crippen molar-refractivity contribution in [2.45, 2.75) is 52.6 Å². The molecule has 1 aliphatic rings. The van der Waals surface area contributed by atoms with Crippen LogP contribution in [0, 0.1) is 13.8 Å². The minimum absolute atomic E-state index is 0.623. The van der Waals surface area contributed by atoms with Crippen molar-refractivity contribution in [2.24, 2.45) is 0 Å². The van der Waals surface area contributed by atoms with Crippen LogP contribution in [0.1, 0.15) is 42.9 Å². The molecular weight excluding hydrogens is 234 g/mol. The van der Waals surface area contributed by atoms with Crippen LogP contribution >= 0.6 is 0 Å². The van der Waals surface area contributed by atoms with E-state index in [2.05, 4.69) is 44.8 Å². The van der Waals surface area contributed by atoms with E-state index in [-0.39, 0.29) is 0 Å². The Morgan fingerprint density at radius 3 is 2.47 bits per heavy atom. The quantitative estimate of drug-likeness (QED) is 0.750. The molecule has 0 bridgehead atoms. The molecule has 0 unspecified atom stereocenters. The average molecular weight is 259 g/mol. The molecule has 0 saturated heterocycles. The summed E-state index contributed by atoms with van der Waals surface area (Å²) in [5, 5.41) is 3.55. The first-order valence-corrected chi connectivity index (χ1v) is 7.23. The predicted molar refractivity (Wildman–Crippen MR) is 80.7 cm³/mol. The highest BCUT2D eigenvalue weighted by molar-refractivity contribution is 5.43. The Bertz CT molecular complexity index is 437. The normalized spacial score (nSPS) is 14.5. The van der Waals surface area contributed by atoms with Gasteiger partial charge in [0, 0.05) is 12.6 Å². The molecule has 0 amide bonds. The molecule has 0 aromatic heterocycles. The van der Waals surface area contributed by atoms with Gasteiger partial charge < -0.3 is 10.1 Å². The minimum Gasteiger partial charge on any atom is -0.489 e. The van der Waals surface area contributed by atoms with Crippen LogP contribution in [-0.2, 0) is 6.54 Å². The van der Waals surface area contributed by atoms with Gasteiger partial charge in [-0.15, -0.1) is 0 Å². The molecule has 104 valence electrons. The van der Waals surface area contributed by atoms with Crippen molar-refractivity contribution in [1.29, 1.82) is 0 Å². The molecular formula is C17H25NO. The third-order valence-corrected chi connectivity index (χ3v) is 3.61. The van der Waals surface area contributed by atoms with Gasteiger partial charge in [0.25, 0.3) is 0 Å². The van der Waals surface area contributed by atoms with Gasteiger partial charge in [-0.2, -0.15) is 0 Å². The number of ether oxygens (including phenoxy) is 1. The van der Waals surface area contributed by atoms with Crippen LogP contribution in [0.5, 0.6) is 5.75 Å². The van der Waals surface area contributed by atoms with E-state index in [1.54, 1.807) is 0 Å². The smallest absolute Gasteiger partial charge is 0.125 e. The largest absolute Gasteiger partial charge is 0.489 e. The Labute approximate surface area is 116 Å². The van der Waals surface area contributed by atoms with Gasteiger partial charge in [-0.05, 0) is 55.4 Å². The van der Waals surface area contributed by atoms with Crippen LogP contribution < -0.4 is 10.1 Å². The van der Waals surface area contributed by atoms with Gasteiger partial charge in [-0.1, -0.05) is 25.6 Å². The maximum absolute atomic E-state index is 5.89. The van der Waals surface area contributed by atoms with Gasteiger partial charge in [-0.25, -0.2) is 0 Å². The molecule has 1 fully saturated rings. The number of hydrogen-bond acceptors (Lipinski definition) is 2. The maximum atomic E-state index is 5.89. The Kier molecular flexibility index (Phi) is 4.65. The second kappa shape index (κ2) is 6.25. The van der Waals surface area contributed by atoms with Crippen molar-refractivity contribution in [3.8, 4) is 5.75 Å². The highest BCUT2D eigenvalue weighted by Gasteiger charge is 2.20. The van der Waals surface area contributed by atoms with Crippen LogP contribution in [0.2, 0.25) is 0 Å². The first-order valence-electron chi connectivity index (χ1n) is 7.23. The standard InChI is InChI=1S/C17H25NO/c1-5-12(2)11-19-17-13(3)8-15(9-14(17)4)10-18-16-6-7-16/h8-9,16,18H,2,5-7,10-11H2,1,3-4H3. The monoisotopic (exact) mass is 259 g/mol. The van der Waals surface area contributed by atoms with Gasteiger partial charge in [0.05, 0.1) is 0 Å². The van der Waals surface area contributed by atoms with E-state index in [4.69, 9.17) is 4.74 Å². The maximum Gasteiger partial charge on any atom is 0.125 e. The van der Waals surface area contributed by atoms with E-state index >= 15 is 0 Å². The Hall–Kier alpha value is -1.28. The second-order valence-corrected chi connectivity index (χ2v) is 5.61. The predicted octanol–water partition coefficient (Wildman–Crippen LogP) is 3.90. The summed E-state index contributed by atoms with van der Waals surface area (Å²) in [6.45, 7) is 11.9. The molecule has 1 aromatic rings. The summed E-state index contributed by atoms with van der Waals surface area (Å²) in [4.78, 5) is 0. The lowest BCUT2D eigenvalue weighted by molar-refractivity contribution is 0.344. The Morgan fingerprint density at radius 1 is 1.32 bits per heavy atom. The molecule has 1 saturated carbocycles. The minimum atomic E-state index is 0.623. The van der Waals surface area contributed by atoms with E-state index < -0.39 is 0 Å². The van der Waals surface area contributed by atoms with E-state index in [1.807, 2.05) is 0 Å². The third kappa shape index (κ3) is 4.10. The van der Waals surface area contributed by atoms with Crippen LogP contribution in [0.15, 0.2) is 24.3 Å². The average Bonchev–Trinajstić information content (AvgIpc) is 3.19. The fraction of sp³-hybridized carbons (Fsp3) is 0.529. The zero-order valence-corrected chi connectivity index (χ0v) is 12.4. The highest BCUT2D eigenvalue weighted by Crippen LogP contribution is 2.26. The van der Waals surface area contributed by atoms with Crippen molar-refractivity contribution in [3.05, 3.63) is 41.0 Å². The molecule has 2 nitrogen and oxygen atoms in total. The van der Waals surface area contributed by atoms with Gasteiger partial charge >= 0.3 is 0 Å². The molecule has 0 aliphatic heterocycles. The number of rotatable bonds is 7. The van der Waals surface area contributed by atoms with Crippen molar-refractivity contribution < 1.29 is 4.74 Å². The summed E-state index contributed by atoms with van der Waals surface area (Å²) in [6.07, 6.45) is 3.64. The Morgan fingerprint density at radius 2 is 1.95 bits per heavy atom. The van der Waals surface area contributed by atoms with Gasteiger partial charge in [-0.3, -0.25) is 0 Å². The number of hydrogen-bond donors (Lipinski definition) is 1. The molecule has 1 aliphatic carbocycles. The molecule has 0 spiro atoms. The summed E-state index contributed by atoms with van der Waals surface area (Å²) in [7, 11) is 0. The number of nitrogens with one attached hydrogen (secondary N) is 1. The van der Waals surface area contributed by atoms with Crippen molar-refractivity contribution >= 4 is 0 Å². The Balaban J connectivity index is 2.00. The molecule has 19 heavy (non-hydrogen) atoms. The lowest BCUT2D eigenvalue weighted by Gasteiger charge is -2.15. The van der Waals surface area contributed by atoms with E-state index in [9.17, 15) is 0 Å². The zero-order chi connectivity index (χ0) is 13.8. The lowest BCUT2D eigenvalue weighted by Crippen LogP contribution is -2.15. The van der Waals surface area contributed by atoms with E-state index in [1.165, 1.54) is 29.5 Å². The van der Waals surface area contributed by atoms with E-state index in [0.29, 0.717) is 6.61 Å². The summed E-state index contributed by atoms with van der Waals surface area (Å²) >= 11 is 0. The fourth-order valence-electron chi connectivity index (χ4n) is 2.20. The first-order chi connectivity index (χ1) is 9.10. The summed E-state index contributed by atoms with van der Waals surface area (Å²) in [6, 6.07) is 5.21. The molecule has 0 atom stereocenters. The van der Waals surface area contributed by atoms with Crippen molar-refractivity contribution in [1.82, 2.24) is 5.32 Å². The molecule has 2 rings (SSSR count). The third-order valence-electron chi connectivity index (χ3n) is 3.61. The highest BCUT2D eigenvalue weighted by atomic mass is 16.5. The molecule has 1 aromatic carbocycles. The summed E-state index contributed by atoms with van der Waals surface area (Å²) in [5.41, 5.74) is 4.93. The molecule has 2 heteroatoms. The fourth-order valence-corrected chi connectivity index (χ4v) is 2.20. The molecule has 0 heterocycles.